The number of anilines is 1. The monoisotopic (exact) mass is 376 g/mol. The van der Waals surface area contributed by atoms with Crippen molar-refractivity contribution in [2.24, 2.45) is 0 Å². The molecule has 0 aliphatic carbocycles. The first-order valence-corrected chi connectivity index (χ1v) is 9.45. The van der Waals surface area contributed by atoms with Gasteiger partial charge < -0.3 is 19.7 Å². The molecule has 0 fully saturated rings. The zero-order valence-electron chi connectivity index (χ0n) is 16.1. The molecule has 2 rings (SSSR count). The lowest BCUT2D eigenvalue weighted by Crippen LogP contribution is -2.41. The SMILES string of the molecule is CCCCOCCCNC(=O)CCN1C(=O)COc2ccc(C(C)=O)cc21. The number of Topliss-reactive ketones (excluding diaryl/α,β-unsaturated/α-hetero) is 1. The Hall–Kier alpha value is -2.41. The number of fused-ring (bicyclic) bond motifs is 1. The summed E-state index contributed by atoms with van der Waals surface area (Å²) in [6, 6.07) is 4.99. The van der Waals surface area contributed by atoms with Crippen molar-refractivity contribution in [3.05, 3.63) is 23.8 Å². The van der Waals surface area contributed by atoms with E-state index in [2.05, 4.69) is 12.2 Å². The normalized spacial score (nSPS) is 13.1. The van der Waals surface area contributed by atoms with Gasteiger partial charge in [-0.1, -0.05) is 13.3 Å². The molecular weight excluding hydrogens is 348 g/mol. The van der Waals surface area contributed by atoms with Crippen LogP contribution < -0.4 is 15.0 Å². The Morgan fingerprint density at radius 3 is 2.78 bits per heavy atom. The smallest absolute Gasteiger partial charge is 0.265 e. The van der Waals surface area contributed by atoms with Crippen LogP contribution in [0.2, 0.25) is 0 Å². The Morgan fingerprint density at radius 1 is 1.26 bits per heavy atom. The highest BCUT2D eigenvalue weighted by Crippen LogP contribution is 2.33. The second-order valence-electron chi connectivity index (χ2n) is 6.49. The molecule has 1 aliphatic rings. The summed E-state index contributed by atoms with van der Waals surface area (Å²) >= 11 is 0. The zero-order valence-corrected chi connectivity index (χ0v) is 16.1. The summed E-state index contributed by atoms with van der Waals surface area (Å²) in [5.74, 6) is 0.117. The third-order valence-corrected chi connectivity index (χ3v) is 4.30. The molecule has 0 spiro atoms. The highest BCUT2D eigenvalue weighted by atomic mass is 16.5. The molecular formula is C20H28N2O5. The molecule has 7 heteroatoms. The molecule has 1 N–H and O–H groups in total. The highest BCUT2D eigenvalue weighted by Gasteiger charge is 2.26. The topological polar surface area (TPSA) is 84.9 Å². The number of benzene rings is 1. The molecule has 0 bridgehead atoms. The number of nitrogens with one attached hydrogen (secondary N) is 1. The van der Waals surface area contributed by atoms with Crippen molar-refractivity contribution in [3.8, 4) is 5.75 Å². The van der Waals surface area contributed by atoms with Gasteiger partial charge in [0.05, 0.1) is 5.69 Å². The third-order valence-electron chi connectivity index (χ3n) is 4.30. The van der Waals surface area contributed by atoms with Crippen LogP contribution in [0.15, 0.2) is 18.2 Å². The zero-order chi connectivity index (χ0) is 19.6. The molecule has 1 aromatic carbocycles. The molecule has 0 radical (unpaired) electrons. The number of rotatable bonds is 11. The summed E-state index contributed by atoms with van der Waals surface area (Å²) in [4.78, 5) is 37.4. The molecule has 1 aliphatic heterocycles. The molecule has 148 valence electrons. The predicted octanol–water partition coefficient (Wildman–Crippen LogP) is 2.33. The van der Waals surface area contributed by atoms with Crippen molar-refractivity contribution in [3.63, 3.8) is 0 Å². The molecule has 2 amide bonds. The number of nitrogens with zero attached hydrogens (tertiary/aromatic N) is 1. The number of carbonyl (C=O) groups excluding carboxylic acids is 3. The van der Waals surface area contributed by atoms with Crippen molar-refractivity contribution < 1.29 is 23.9 Å². The number of amides is 2. The Kier molecular flexibility index (Phi) is 8.26. The molecule has 27 heavy (non-hydrogen) atoms. The van der Waals surface area contributed by atoms with E-state index >= 15 is 0 Å². The van der Waals surface area contributed by atoms with Crippen LogP contribution in [-0.4, -0.2) is 50.5 Å². The summed E-state index contributed by atoms with van der Waals surface area (Å²) in [5, 5.41) is 2.84. The molecule has 0 aromatic heterocycles. The Morgan fingerprint density at radius 2 is 2.04 bits per heavy atom. The lowest BCUT2D eigenvalue weighted by atomic mass is 10.1. The van der Waals surface area contributed by atoms with Crippen molar-refractivity contribution in [1.82, 2.24) is 5.32 Å². The van der Waals surface area contributed by atoms with Crippen LogP contribution in [0.1, 0.15) is 49.9 Å². The second-order valence-corrected chi connectivity index (χ2v) is 6.49. The Labute approximate surface area is 160 Å². The van der Waals surface area contributed by atoms with Crippen molar-refractivity contribution in [1.29, 1.82) is 0 Å². The maximum Gasteiger partial charge on any atom is 0.265 e. The van der Waals surface area contributed by atoms with Gasteiger partial charge in [0, 0.05) is 38.3 Å². The number of hydrogen-bond acceptors (Lipinski definition) is 5. The first kappa shape index (κ1) is 20.9. The molecule has 0 unspecified atom stereocenters. The van der Waals surface area contributed by atoms with Crippen molar-refractivity contribution in [2.75, 3.05) is 37.8 Å². The van der Waals surface area contributed by atoms with Crippen LogP contribution in [0, 0.1) is 0 Å². The Bertz CT molecular complexity index is 674. The van der Waals surface area contributed by atoms with Crippen LogP contribution in [0.5, 0.6) is 5.75 Å². The maximum atomic E-state index is 12.2. The van der Waals surface area contributed by atoms with Gasteiger partial charge in [0.25, 0.3) is 5.91 Å². The number of carbonyl (C=O) groups is 3. The summed E-state index contributed by atoms with van der Waals surface area (Å²) < 4.78 is 10.9. The number of hydrogen-bond donors (Lipinski definition) is 1. The molecule has 1 aromatic rings. The minimum Gasteiger partial charge on any atom is -0.482 e. The van der Waals surface area contributed by atoms with E-state index in [4.69, 9.17) is 9.47 Å². The molecule has 0 saturated carbocycles. The van der Waals surface area contributed by atoms with Gasteiger partial charge in [0.2, 0.25) is 5.91 Å². The second kappa shape index (κ2) is 10.7. The quantitative estimate of drug-likeness (QED) is 0.473. The van der Waals surface area contributed by atoms with Gasteiger partial charge >= 0.3 is 0 Å². The minimum absolute atomic E-state index is 0.0663. The van der Waals surface area contributed by atoms with E-state index in [1.165, 1.54) is 11.8 Å². The van der Waals surface area contributed by atoms with Crippen LogP contribution >= 0.6 is 0 Å². The van der Waals surface area contributed by atoms with Gasteiger partial charge in [-0.2, -0.15) is 0 Å². The number of unbranched alkanes of at least 4 members (excludes halogenated alkanes) is 1. The average molecular weight is 376 g/mol. The van der Waals surface area contributed by atoms with Crippen LogP contribution in [0.4, 0.5) is 5.69 Å². The minimum atomic E-state index is -0.222. The summed E-state index contributed by atoms with van der Waals surface area (Å²) in [6.45, 7) is 5.69. The van der Waals surface area contributed by atoms with Crippen molar-refractivity contribution in [2.45, 2.75) is 39.5 Å². The predicted molar refractivity (Wildman–Crippen MR) is 102 cm³/mol. The van der Waals surface area contributed by atoms with Gasteiger partial charge in [0.1, 0.15) is 5.75 Å². The summed E-state index contributed by atoms with van der Waals surface area (Å²) in [7, 11) is 0. The van der Waals surface area contributed by atoms with E-state index in [1.807, 2.05) is 0 Å². The average Bonchev–Trinajstić information content (AvgIpc) is 2.66. The van der Waals surface area contributed by atoms with E-state index in [0.717, 1.165) is 25.9 Å². The van der Waals surface area contributed by atoms with Gasteiger partial charge in [-0.05, 0) is 38.0 Å². The fraction of sp³-hybridized carbons (Fsp3) is 0.550. The van der Waals surface area contributed by atoms with Gasteiger partial charge in [-0.25, -0.2) is 0 Å². The highest BCUT2D eigenvalue weighted by molar-refractivity contribution is 6.01. The van der Waals surface area contributed by atoms with E-state index in [9.17, 15) is 14.4 Å². The number of ketones is 1. The van der Waals surface area contributed by atoms with E-state index < -0.39 is 0 Å². The number of ether oxygens (including phenoxy) is 2. The lowest BCUT2D eigenvalue weighted by molar-refractivity contribution is -0.122. The Balaban J connectivity index is 1.81. The maximum absolute atomic E-state index is 12.2. The molecule has 7 nitrogen and oxygen atoms in total. The van der Waals surface area contributed by atoms with Crippen molar-refractivity contribution >= 4 is 23.3 Å². The summed E-state index contributed by atoms with van der Waals surface area (Å²) in [5.41, 5.74) is 1.04. The van der Waals surface area contributed by atoms with Crippen LogP contribution in [-0.2, 0) is 14.3 Å². The van der Waals surface area contributed by atoms with Gasteiger partial charge in [-0.3, -0.25) is 14.4 Å². The van der Waals surface area contributed by atoms with Gasteiger partial charge in [0.15, 0.2) is 12.4 Å². The lowest BCUT2D eigenvalue weighted by Gasteiger charge is -2.29. The fourth-order valence-electron chi connectivity index (χ4n) is 2.72. The first-order valence-electron chi connectivity index (χ1n) is 9.45. The van der Waals surface area contributed by atoms with Gasteiger partial charge in [-0.15, -0.1) is 0 Å². The molecule has 1 heterocycles. The summed E-state index contributed by atoms with van der Waals surface area (Å²) in [6.07, 6.45) is 3.10. The fourth-order valence-corrected chi connectivity index (χ4v) is 2.72. The standard InChI is InChI=1S/C20H28N2O5/c1-3-4-11-26-12-5-9-21-19(24)8-10-22-17-13-16(15(2)23)6-7-18(17)27-14-20(22)25/h6-7,13H,3-5,8-12,14H2,1-2H3,(H,21,24). The first-order chi connectivity index (χ1) is 13.0. The van der Waals surface area contributed by atoms with Crippen LogP contribution in [0.25, 0.3) is 0 Å². The van der Waals surface area contributed by atoms with E-state index in [1.54, 1.807) is 18.2 Å². The largest absolute Gasteiger partial charge is 0.482 e. The van der Waals surface area contributed by atoms with E-state index in [-0.39, 0.29) is 37.2 Å². The molecule has 0 saturated heterocycles. The van der Waals surface area contributed by atoms with Crippen LogP contribution in [0.3, 0.4) is 0 Å². The van der Waals surface area contributed by atoms with E-state index in [0.29, 0.717) is 30.2 Å². The molecule has 0 atom stereocenters. The third kappa shape index (κ3) is 6.36.